The lowest BCUT2D eigenvalue weighted by atomic mass is 10.1. The van der Waals surface area contributed by atoms with Crippen molar-refractivity contribution in [3.63, 3.8) is 0 Å². The lowest BCUT2D eigenvalue weighted by molar-refractivity contribution is 0.0474. The largest absolute Gasteiger partial charge is 0.497 e. The first-order valence-electron chi connectivity index (χ1n) is 7.78. The summed E-state index contributed by atoms with van der Waals surface area (Å²) in [4.78, 5) is 16.8. The van der Waals surface area contributed by atoms with E-state index in [-0.39, 0.29) is 17.2 Å². The van der Waals surface area contributed by atoms with Gasteiger partial charge in [0, 0.05) is 11.6 Å². The third-order valence-electron chi connectivity index (χ3n) is 3.80. The Morgan fingerprint density at radius 2 is 1.81 bits per heavy atom. The van der Waals surface area contributed by atoms with E-state index < -0.39 is 15.8 Å². The molecule has 0 aliphatic heterocycles. The Morgan fingerprint density at radius 3 is 2.46 bits per heavy atom. The first kappa shape index (κ1) is 17.9. The van der Waals surface area contributed by atoms with Crippen LogP contribution in [0.2, 0.25) is 0 Å². The Morgan fingerprint density at radius 1 is 1.08 bits per heavy atom. The molecule has 0 bridgehead atoms. The van der Waals surface area contributed by atoms with Crippen molar-refractivity contribution in [2.75, 3.05) is 13.4 Å². The van der Waals surface area contributed by atoms with Gasteiger partial charge in [-0.3, -0.25) is 0 Å². The summed E-state index contributed by atoms with van der Waals surface area (Å²) in [5.41, 5.74) is 1.34. The van der Waals surface area contributed by atoms with Crippen molar-refractivity contribution in [3.05, 3.63) is 65.7 Å². The van der Waals surface area contributed by atoms with Crippen molar-refractivity contribution < 1.29 is 22.7 Å². The minimum Gasteiger partial charge on any atom is -0.497 e. The van der Waals surface area contributed by atoms with Gasteiger partial charge in [-0.25, -0.2) is 18.2 Å². The van der Waals surface area contributed by atoms with E-state index in [9.17, 15) is 13.2 Å². The second-order valence-corrected chi connectivity index (χ2v) is 7.69. The topological polar surface area (TPSA) is 82.6 Å². The van der Waals surface area contributed by atoms with Crippen molar-refractivity contribution in [2.45, 2.75) is 11.6 Å². The van der Waals surface area contributed by atoms with Gasteiger partial charge in [0.25, 0.3) is 0 Å². The fourth-order valence-corrected chi connectivity index (χ4v) is 3.06. The summed E-state index contributed by atoms with van der Waals surface area (Å²) in [7, 11) is -2.08. The number of ether oxygens (including phenoxy) is 2. The molecule has 6 nitrogen and oxygen atoms in total. The summed E-state index contributed by atoms with van der Waals surface area (Å²) in [6.45, 7) is 0.0850. The number of methoxy groups -OCH3 is 1. The highest BCUT2D eigenvalue weighted by Crippen LogP contribution is 2.26. The van der Waals surface area contributed by atoms with Crippen molar-refractivity contribution in [2.24, 2.45) is 0 Å². The maximum atomic E-state index is 12.6. The molecule has 2 aromatic carbocycles. The van der Waals surface area contributed by atoms with Crippen LogP contribution in [0.5, 0.6) is 5.75 Å². The number of fused-ring (bicyclic) bond motifs is 1. The molecule has 1 aromatic heterocycles. The van der Waals surface area contributed by atoms with Crippen LogP contribution in [0.25, 0.3) is 10.9 Å². The van der Waals surface area contributed by atoms with Crippen molar-refractivity contribution in [3.8, 4) is 5.75 Å². The molecule has 0 saturated carbocycles. The predicted molar refractivity (Wildman–Crippen MR) is 97.0 cm³/mol. The molecule has 7 heteroatoms. The number of aromatic nitrogens is 1. The molecule has 0 spiro atoms. The fourth-order valence-electron chi connectivity index (χ4n) is 2.47. The smallest absolute Gasteiger partial charge is 0.339 e. The van der Waals surface area contributed by atoms with Gasteiger partial charge in [-0.1, -0.05) is 30.3 Å². The summed E-state index contributed by atoms with van der Waals surface area (Å²) in [6, 6.07) is 15.4. The Hall–Kier alpha value is -2.93. The molecule has 0 fully saturated rings. The molecule has 0 unspecified atom stereocenters. The molecule has 0 saturated heterocycles. The molecule has 0 aliphatic rings. The van der Waals surface area contributed by atoms with Crippen LogP contribution in [0.1, 0.15) is 15.9 Å². The molecule has 0 amide bonds. The number of hydrogen-bond donors (Lipinski definition) is 0. The quantitative estimate of drug-likeness (QED) is 0.641. The van der Waals surface area contributed by atoms with Crippen molar-refractivity contribution in [1.82, 2.24) is 4.98 Å². The molecule has 0 radical (unpaired) electrons. The van der Waals surface area contributed by atoms with E-state index in [1.165, 1.54) is 13.2 Å². The zero-order valence-corrected chi connectivity index (χ0v) is 15.1. The number of carbonyl (C=O) groups is 1. The maximum absolute atomic E-state index is 12.6. The Kier molecular flexibility index (Phi) is 4.90. The third-order valence-corrected chi connectivity index (χ3v) is 4.77. The number of carbonyl (C=O) groups excluding carboxylic acids is 1. The number of pyridine rings is 1. The maximum Gasteiger partial charge on any atom is 0.339 e. The van der Waals surface area contributed by atoms with E-state index in [1.54, 1.807) is 18.2 Å². The number of esters is 1. The average molecular weight is 371 g/mol. The number of sulfone groups is 1. The summed E-state index contributed by atoms with van der Waals surface area (Å²) in [5.74, 6) is -0.0945. The van der Waals surface area contributed by atoms with E-state index in [0.29, 0.717) is 16.7 Å². The molecule has 1 heterocycles. The molecule has 0 N–H and O–H groups in total. The first-order valence-corrected chi connectivity index (χ1v) is 9.67. The van der Waals surface area contributed by atoms with Crippen LogP contribution in [0, 0.1) is 0 Å². The number of hydrogen-bond acceptors (Lipinski definition) is 6. The van der Waals surface area contributed by atoms with Crippen LogP contribution in [0.4, 0.5) is 0 Å². The van der Waals surface area contributed by atoms with Gasteiger partial charge in [-0.15, -0.1) is 0 Å². The van der Waals surface area contributed by atoms with Gasteiger partial charge >= 0.3 is 5.97 Å². The van der Waals surface area contributed by atoms with Gasteiger partial charge in [-0.05, 0) is 29.8 Å². The molecule has 0 aliphatic carbocycles. The van der Waals surface area contributed by atoms with E-state index in [2.05, 4.69) is 4.98 Å². The van der Waals surface area contributed by atoms with Gasteiger partial charge in [0.15, 0.2) is 14.9 Å². The molecule has 0 atom stereocenters. The molecule has 134 valence electrons. The minimum absolute atomic E-state index is 0.0850. The van der Waals surface area contributed by atoms with Crippen LogP contribution >= 0.6 is 0 Å². The van der Waals surface area contributed by atoms with Crippen molar-refractivity contribution in [1.29, 1.82) is 0 Å². The van der Waals surface area contributed by atoms with Gasteiger partial charge in [0.2, 0.25) is 0 Å². The number of rotatable bonds is 5. The monoisotopic (exact) mass is 371 g/mol. The highest BCUT2D eigenvalue weighted by atomic mass is 32.2. The number of nitrogens with zero attached hydrogens (tertiary/aromatic N) is 1. The lowest BCUT2D eigenvalue weighted by Gasteiger charge is -2.10. The summed E-state index contributed by atoms with van der Waals surface area (Å²) >= 11 is 0. The molecular formula is C19H17NO5S. The normalized spacial score (nSPS) is 11.3. The van der Waals surface area contributed by atoms with Gasteiger partial charge in [-0.2, -0.15) is 0 Å². The van der Waals surface area contributed by atoms with Gasteiger partial charge < -0.3 is 9.47 Å². The number of benzene rings is 2. The Labute approximate surface area is 151 Å². The fraction of sp³-hybridized carbons (Fsp3) is 0.158. The Bertz CT molecular complexity index is 1060. The van der Waals surface area contributed by atoms with Crippen molar-refractivity contribution >= 4 is 26.7 Å². The lowest BCUT2D eigenvalue weighted by Crippen LogP contribution is -2.10. The summed E-state index contributed by atoms with van der Waals surface area (Å²) < 4.78 is 34.4. The third kappa shape index (κ3) is 3.83. The average Bonchev–Trinajstić information content (AvgIpc) is 2.64. The second kappa shape index (κ2) is 7.13. The predicted octanol–water partition coefficient (Wildman–Crippen LogP) is 3.00. The Balaban J connectivity index is 2.04. The van der Waals surface area contributed by atoms with Crippen LogP contribution in [0.15, 0.2) is 59.6 Å². The van der Waals surface area contributed by atoms with Crippen LogP contribution in [-0.4, -0.2) is 32.7 Å². The highest BCUT2D eigenvalue weighted by molar-refractivity contribution is 7.90. The van der Waals surface area contributed by atoms with E-state index in [0.717, 1.165) is 11.8 Å². The van der Waals surface area contributed by atoms with Crippen LogP contribution < -0.4 is 4.74 Å². The van der Waals surface area contributed by atoms with Gasteiger partial charge in [0.05, 0.1) is 18.2 Å². The molecule has 26 heavy (non-hydrogen) atoms. The van der Waals surface area contributed by atoms with Crippen LogP contribution in [-0.2, 0) is 21.2 Å². The molecule has 3 aromatic rings. The van der Waals surface area contributed by atoms with Crippen LogP contribution in [0.3, 0.4) is 0 Å². The second-order valence-electron chi connectivity index (χ2n) is 5.73. The summed E-state index contributed by atoms with van der Waals surface area (Å²) in [5, 5.41) is 0.289. The SMILES string of the molecule is COc1ccc2nc(S(C)(=O)=O)cc(C(=O)OCc3ccccc3)c2c1. The standard InChI is InChI=1S/C19H17NO5S/c1-24-14-8-9-17-15(10-14)16(11-18(20-17)26(2,22)23)19(21)25-12-13-6-4-3-5-7-13/h3-11H,12H2,1-2H3. The van der Waals surface area contributed by atoms with E-state index >= 15 is 0 Å². The molecule has 3 rings (SSSR count). The van der Waals surface area contributed by atoms with E-state index in [1.807, 2.05) is 30.3 Å². The minimum atomic E-state index is -3.58. The highest BCUT2D eigenvalue weighted by Gasteiger charge is 2.19. The first-order chi connectivity index (χ1) is 12.4. The zero-order valence-electron chi connectivity index (χ0n) is 14.3. The van der Waals surface area contributed by atoms with E-state index in [4.69, 9.17) is 9.47 Å². The molecular weight excluding hydrogens is 354 g/mol. The summed E-state index contributed by atoms with van der Waals surface area (Å²) in [6.07, 6.45) is 1.05. The zero-order chi connectivity index (χ0) is 18.7. The van der Waals surface area contributed by atoms with Gasteiger partial charge in [0.1, 0.15) is 12.4 Å².